The van der Waals surface area contributed by atoms with Crippen LogP contribution in [0.3, 0.4) is 0 Å². The van der Waals surface area contributed by atoms with E-state index in [-0.39, 0.29) is 34.5 Å². The fraction of sp³-hybridized carbons (Fsp3) is 0.333. The van der Waals surface area contributed by atoms with Crippen LogP contribution in [-0.4, -0.2) is 27.1 Å². The summed E-state index contributed by atoms with van der Waals surface area (Å²) in [4.78, 5) is 1.69. The summed E-state index contributed by atoms with van der Waals surface area (Å²) in [7, 11) is -0.650. The van der Waals surface area contributed by atoms with E-state index in [2.05, 4.69) is 0 Å². The zero-order valence-electron chi connectivity index (χ0n) is 9.31. The fourth-order valence-electron chi connectivity index (χ4n) is 1.19. The van der Waals surface area contributed by atoms with Gasteiger partial charge in [0.1, 0.15) is 10.1 Å². The van der Waals surface area contributed by atoms with Gasteiger partial charge in [-0.2, -0.15) is 0 Å². The molecule has 1 rings (SSSR count). The van der Waals surface area contributed by atoms with Crippen LogP contribution in [0.4, 0.5) is 5.69 Å². The second kappa shape index (κ2) is 5.32. The first-order valence-corrected chi connectivity index (χ1v) is 5.47. The minimum atomic E-state index is -4.34. The van der Waals surface area contributed by atoms with E-state index in [9.17, 15) is 13.0 Å². The summed E-state index contributed by atoms with van der Waals surface area (Å²) in [6, 6.07) is 4.62. The Labute approximate surface area is 112 Å². The molecule has 0 bridgehead atoms. The standard InChI is InChI=1S/C9H13NO3S.Na/c1-7-6-8(10(2)3)4-5-9(7)14(11,12)13;/h4-6H,1-3H3,(H,11,12,13);/q;+1/p-1. The van der Waals surface area contributed by atoms with Gasteiger partial charge in [-0.05, 0) is 30.7 Å². The Balaban J connectivity index is 0.00000196. The molecule has 0 aliphatic rings. The first-order valence-electron chi connectivity index (χ1n) is 4.06. The van der Waals surface area contributed by atoms with E-state index >= 15 is 0 Å². The summed E-state index contributed by atoms with van der Waals surface area (Å²) in [6.45, 7) is 1.61. The average molecular weight is 237 g/mol. The van der Waals surface area contributed by atoms with Gasteiger partial charge in [0.15, 0.2) is 0 Å². The zero-order chi connectivity index (χ0) is 10.9. The van der Waals surface area contributed by atoms with Gasteiger partial charge in [0, 0.05) is 19.8 Å². The van der Waals surface area contributed by atoms with Crippen LogP contribution in [0.2, 0.25) is 0 Å². The van der Waals surface area contributed by atoms with Crippen LogP contribution in [0, 0.1) is 6.92 Å². The summed E-state index contributed by atoms with van der Waals surface area (Å²) in [5, 5.41) is 0. The molecule has 1 aromatic carbocycles. The van der Waals surface area contributed by atoms with Crippen LogP contribution < -0.4 is 34.5 Å². The van der Waals surface area contributed by atoms with Gasteiger partial charge in [0.05, 0.1) is 4.90 Å². The average Bonchev–Trinajstić information content (AvgIpc) is 2.01. The second-order valence-electron chi connectivity index (χ2n) is 3.30. The van der Waals surface area contributed by atoms with Crippen molar-refractivity contribution in [1.29, 1.82) is 0 Å². The third kappa shape index (κ3) is 3.77. The number of anilines is 1. The van der Waals surface area contributed by atoms with Crippen molar-refractivity contribution in [2.45, 2.75) is 11.8 Å². The van der Waals surface area contributed by atoms with E-state index in [1.54, 1.807) is 19.1 Å². The summed E-state index contributed by atoms with van der Waals surface area (Å²) < 4.78 is 32.3. The number of benzene rings is 1. The molecule has 1 aromatic rings. The molecule has 15 heavy (non-hydrogen) atoms. The molecule has 0 amide bonds. The molecule has 0 aliphatic carbocycles. The van der Waals surface area contributed by atoms with E-state index in [4.69, 9.17) is 0 Å². The van der Waals surface area contributed by atoms with Gasteiger partial charge in [0.25, 0.3) is 0 Å². The molecular weight excluding hydrogens is 225 g/mol. The Bertz CT molecular complexity index is 443. The summed E-state index contributed by atoms with van der Waals surface area (Å²) >= 11 is 0. The Hall–Kier alpha value is -0.0700. The fourth-order valence-corrected chi connectivity index (χ4v) is 1.88. The first-order chi connectivity index (χ1) is 6.32. The van der Waals surface area contributed by atoms with Crippen LogP contribution in [0.25, 0.3) is 0 Å². The Morgan fingerprint density at radius 2 is 1.80 bits per heavy atom. The van der Waals surface area contributed by atoms with Gasteiger partial charge in [0.2, 0.25) is 0 Å². The van der Waals surface area contributed by atoms with Crippen molar-refractivity contribution < 1.29 is 42.5 Å². The summed E-state index contributed by atoms with van der Waals surface area (Å²) in [5.41, 5.74) is 1.35. The van der Waals surface area contributed by atoms with Crippen LogP contribution in [0.5, 0.6) is 0 Å². The Morgan fingerprint density at radius 3 is 2.13 bits per heavy atom. The van der Waals surface area contributed by atoms with Crippen LogP contribution in [0.1, 0.15) is 5.56 Å². The maximum atomic E-state index is 10.8. The van der Waals surface area contributed by atoms with Crippen LogP contribution in [0.15, 0.2) is 23.1 Å². The van der Waals surface area contributed by atoms with Gasteiger partial charge in [-0.15, -0.1) is 0 Å². The molecule has 0 fully saturated rings. The van der Waals surface area contributed by atoms with Gasteiger partial charge in [-0.1, -0.05) is 0 Å². The molecule has 0 aliphatic heterocycles. The molecule has 0 aromatic heterocycles. The molecule has 0 radical (unpaired) electrons. The van der Waals surface area contributed by atoms with Crippen molar-refractivity contribution in [2.75, 3.05) is 19.0 Å². The predicted molar refractivity (Wildman–Crippen MR) is 53.5 cm³/mol. The zero-order valence-corrected chi connectivity index (χ0v) is 12.1. The van der Waals surface area contributed by atoms with Gasteiger partial charge in [-0.25, -0.2) is 8.42 Å². The predicted octanol–water partition coefficient (Wildman–Crippen LogP) is -2.03. The third-order valence-corrected chi connectivity index (χ3v) is 2.94. The van der Waals surface area contributed by atoms with Crippen LogP contribution >= 0.6 is 0 Å². The van der Waals surface area contributed by atoms with Crippen molar-refractivity contribution in [3.63, 3.8) is 0 Å². The maximum Gasteiger partial charge on any atom is 1.00 e. The van der Waals surface area contributed by atoms with E-state index < -0.39 is 10.1 Å². The monoisotopic (exact) mass is 237 g/mol. The number of rotatable bonds is 2. The molecule has 0 saturated carbocycles. The second-order valence-corrected chi connectivity index (χ2v) is 4.65. The molecule has 4 nitrogen and oxygen atoms in total. The molecule has 0 atom stereocenters. The van der Waals surface area contributed by atoms with Crippen molar-refractivity contribution in [3.8, 4) is 0 Å². The van der Waals surface area contributed by atoms with Gasteiger partial charge >= 0.3 is 29.6 Å². The molecule has 0 unspecified atom stereocenters. The minimum absolute atomic E-state index is 0. The quantitative estimate of drug-likeness (QED) is 0.439. The van der Waals surface area contributed by atoms with E-state index in [0.29, 0.717) is 5.56 Å². The summed E-state index contributed by atoms with van der Waals surface area (Å²) in [5.74, 6) is 0. The van der Waals surface area contributed by atoms with Gasteiger partial charge in [-0.3, -0.25) is 0 Å². The topological polar surface area (TPSA) is 60.4 Å². The van der Waals surface area contributed by atoms with Crippen molar-refractivity contribution in [1.82, 2.24) is 0 Å². The molecule has 6 heteroatoms. The number of hydrogen-bond donors (Lipinski definition) is 0. The molecule has 0 spiro atoms. The smallest absolute Gasteiger partial charge is 0.744 e. The summed E-state index contributed by atoms with van der Waals surface area (Å²) in [6.07, 6.45) is 0. The molecule has 0 saturated heterocycles. The van der Waals surface area contributed by atoms with Crippen LogP contribution in [-0.2, 0) is 10.1 Å². The maximum absolute atomic E-state index is 10.8. The van der Waals surface area contributed by atoms with E-state index in [1.165, 1.54) is 6.07 Å². The molecule has 0 heterocycles. The number of aryl methyl sites for hydroxylation is 1. The first kappa shape index (κ1) is 14.9. The number of hydrogen-bond acceptors (Lipinski definition) is 4. The Morgan fingerprint density at radius 1 is 1.27 bits per heavy atom. The largest absolute Gasteiger partial charge is 1.00 e. The Kier molecular flexibility index (Phi) is 5.29. The third-order valence-electron chi connectivity index (χ3n) is 1.94. The minimum Gasteiger partial charge on any atom is -0.744 e. The van der Waals surface area contributed by atoms with E-state index in [0.717, 1.165) is 5.69 Å². The SMILES string of the molecule is Cc1cc(N(C)C)ccc1S(=O)(=O)[O-].[Na+]. The van der Waals surface area contributed by atoms with Crippen molar-refractivity contribution >= 4 is 15.8 Å². The van der Waals surface area contributed by atoms with Gasteiger partial charge < -0.3 is 9.45 Å². The van der Waals surface area contributed by atoms with E-state index in [1.807, 2.05) is 19.0 Å². The number of nitrogens with zero attached hydrogens (tertiary/aromatic N) is 1. The normalized spacial score (nSPS) is 10.7. The molecular formula is C9H12NNaO3S. The molecule has 0 N–H and O–H groups in total. The van der Waals surface area contributed by atoms with Crippen molar-refractivity contribution in [3.05, 3.63) is 23.8 Å². The van der Waals surface area contributed by atoms with Crippen molar-refractivity contribution in [2.24, 2.45) is 0 Å². The molecule has 78 valence electrons.